The fourth-order valence-electron chi connectivity index (χ4n) is 4.19. The SMILES string of the molecule is CC1CCN(C(=O)[C@H](CCCNc2cccnn2)NS(=O)(=O)c2ccc3ccccc3c2)CC1. The third-order valence-electron chi connectivity index (χ3n) is 6.27. The summed E-state index contributed by atoms with van der Waals surface area (Å²) in [7, 11) is -3.87. The highest BCUT2D eigenvalue weighted by Gasteiger charge is 2.30. The molecule has 0 saturated carbocycles. The van der Waals surface area contributed by atoms with Crippen molar-refractivity contribution in [3.8, 4) is 0 Å². The number of nitrogens with one attached hydrogen (secondary N) is 2. The first-order chi connectivity index (χ1) is 16.4. The predicted octanol–water partition coefficient (Wildman–Crippen LogP) is 3.43. The van der Waals surface area contributed by atoms with Crippen molar-refractivity contribution >= 4 is 32.5 Å². The van der Waals surface area contributed by atoms with Crippen molar-refractivity contribution in [2.24, 2.45) is 5.92 Å². The molecule has 180 valence electrons. The standard InChI is InChI=1S/C25H31N5O3S/c1-19-12-16-30(17-13-19)25(31)23(8-4-14-26-24-9-5-15-27-28-24)29-34(32,33)22-11-10-20-6-2-3-7-21(20)18-22/h2-3,5-7,9-11,15,18-19,23,29H,4,8,12-14,16-17H2,1H3,(H,26,28)/t23-/m0/s1. The van der Waals surface area contributed by atoms with Crippen LogP contribution in [0.4, 0.5) is 5.82 Å². The van der Waals surface area contributed by atoms with Gasteiger partial charge in [0.2, 0.25) is 15.9 Å². The Morgan fingerprint density at radius 2 is 1.85 bits per heavy atom. The summed E-state index contributed by atoms with van der Waals surface area (Å²) in [6.07, 6.45) is 4.44. The van der Waals surface area contributed by atoms with Crippen LogP contribution in [0.1, 0.15) is 32.6 Å². The number of piperidine rings is 1. The largest absolute Gasteiger partial charge is 0.369 e. The van der Waals surface area contributed by atoms with Gasteiger partial charge in [0.1, 0.15) is 11.9 Å². The fourth-order valence-corrected chi connectivity index (χ4v) is 5.45. The summed E-state index contributed by atoms with van der Waals surface area (Å²) in [4.78, 5) is 15.3. The van der Waals surface area contributed by atoms with E-state index in [1.54, 1.807) is 35.4 Å². The van der Waals surface area contributed by atoms with Crippen LogP contribution < -0.4 is 10.0 Å². The number of likely N-dealkylation sites (tertiary alicyclic amines) is 1. The number of benzene rings is 2. The summed E-state index contributed by atoms with van der Waals surface area (Å²) >= 11 is 0. The second kappa shape index (κ2) is 10.9. The summed E-state index contributed by atoms with van der Waals surface area (Å²) in [5, 5.41) is 12.8. The van der Waals surface area contributed by atoms with Crippen molar-refractivity contribution in [1.29, 1.82) is 0 Å². The molecule has 0 bridgehead atoms. The molecule has 0 unspecified atom stereocenters. The zero-order valence-electron chi connectivity index (χ0n) is 19.4. The number of hydrogen-bond donors (Lipinski definition) is 2. The van der Waals surface area contributed by atoms with Gasteiger partial charge in [-0.25, -0.2) is 8.42 Å². The summed E-state index contributed by atoms with van der Waals surface area (Å²) in [5.74, 6) is 1.07. The summed E-state index contributed by atoms with van der Waals surface area (Å²) in [6.45, 7) is 4.05. The Morgan fingerprint density at radius 3 is 2.59 bits per heavy atom. The third kappa shape index (κ3) is 6.09. The quantitative estimate of drug-likeness (QED) is 0.454. The molecule has 2 heterocycles. The van der Waals surface area contributed by atoms with Crippen LogP contribution in [0.3, 0.4) is 0 Å². The van der Waals surface area contributed by atoms with Crippen LogP contribution in [0.2, 0.25) is 0 Å². The Labute approximate surface area is 200 Å². The van der Waals surface area contributed by atoms with E-state index < -0.39 is 16.1 Å². The van der Waals surface area contributed by atoms with Crippen molar-refractivity contribution in [2.75, 3.05) is 25.0 Å². The lowest BCUT2D eigenvalue weighted by atomic mass is 9.98. The van der Waals surface area contributed by atoms with Gasteiger partial charge in [0.15, 0.2) is 0 Å². The number of nitrogens with zero attached hydrogens (tertiary/aromatic N) is 3. The minimum atomic E-state index is -3.87. The summed E-state index contributed by atoms with van der Waals surface area (Å²) in [6, 6.07) is 15.4. The molecule has 2 N–H and O–H groups in total. The molecular formula is C25H31N5O3S. The summed E-state index contributed by atoms with van der Waals surface area (Å²) < 4.78 is 29.2. The maximum atomic E-state index is 13.3. The van der Waals surface area contributed by atoms with Crippen LogP contribution in [0.5, 0.6) is 0 Å². The number of aromatic nitrogens is 2. The molecule has 1 amide bonds. The van der Waals surface area contributed by atoms with Gasteiger partial charge in [-0.05, 0) is 66.6 Å². The van der Waals surface area contributed by atoms with Crippen molar-refractivity contribution in [3.63, 3.8) is 0 Å². The van der Waals surface area contributed by atoms with Crippen LogP contribution in [0.15, 0.2) is 65.7 Å². The monoisotopic (exact) mass is 481 g/mol. The third-order valence-corrected chi connectivity index (χ3v) is 7.74. The van der Waals surface area contributed by atoms with E-state index >= 15 is 0 Å². The molecule has 1 aliphatic rings. The highest BCUT2D eigenvalue weighted by molar-refractivity contribution is 7.89. The van der Waals surface area contributed by atoms with Gasteiger partial charge in [-0.2, -0.15) is 9.82 Å². The number of hydrogen-bond acceptors (Lipinski definition) is 6. The van der Waals surface area contributed by atoms with Crippen LogP contribution in [0, 0.1) is 5.92 Å². The lowest BCUT2D eigenvalue weighted by molar-refractivity contribution is -0.134. The lowest BCUT2D eigenvalue weighted by Gasteiger charge is -2.33. The van der Waals surface area contributed by atoms with E-state index in [0.29, 0.717) is 44.2 Å². The van der Waals surface area contributed by atoms with Gasteiger partial charge in [0.05, 0.1) is 4.90 Å². The minimum absolute atomic E-state index is 0.157. The topological polar surface area (TPSA) is 104 Å². The molecule has 1 fully saturated rings. The Balaban J connectivity index is 1.47. The number of carbonyl (C=O) groups is 1. The van der Waals surface area contributed by atoms with Crippen molar-refractivity contribution in [2.45, 2.75) is 43.5 Å². The first-order valence-corrected chi connectivity index (χ1v) is 13.2. The first-order valence-electron chi connectivity index (χ1n) is 11.7. The van der Waals surface area contributed by atoms with Crippen LogP contribution >= 0.6 is 0 Å². The van der Waals surface area contributed by atoms with Gasteiger partial charge in [0.25, 0.3) is 0 Å². The number of amides is 1. The van der Waals surface area contributed by atoms with E-state index in [4.69, 9.17) is 0 Å². The molecule has 8 nitrogen and oxygen atoms in total. The Kier molecular flexibility index (Phi) is 7.74. The number of rotatable bonds is 9. The molecule has 0 spiro atoms. The van der Waals surface area contributed by atoms with Crippen molar-refractivity contribution < 1.29 is 13.2 Å². The van der Waals surface area contributed by atoms with E-state index in [0.717, 1.165) is 23.6 Å². The van der Waals surface area contributed by atoms with Gasteiger partial charge >= 0.3 is 0 Å². The van der Waals surface area contributed by atoms with Crippen molar-refractivity contribution in [1.82, 2.24) is 19.8 Å². The summed E-state index contributed by atoms with van der Waals surface area (Å²) in [5.41, 5.74) is 0. The zero-order valence-corrected chi connectivity index (χ0v) is 20.2. The van der Waals surface area contributed by atoms with E-state index in [2.05, 4.69) is 27.2 Å². The average Bonchev–Trinajstić information content (AvgIpc) is 2.86. The normalized spacial score (nSPS) is 15.9. The van der Waals surface area contributed by atoms with Gasteiger partial charge in [-0.3, -0.25) is 4.79 Å². The predicted molar refractivity (Wildman–Crippen MR) is 133 cm³/mol. The molecule has 1 saturated heterocycles. The number of sulfonamides is 1. The molecule has 0 radical (unpaired) electrons. The smallest absolute Gasteiger partial charge is 0.241 e. The van der Waals surface area contributed by atoms with E-state index in [-0.39, 0.29) is 10.8 Å². The van der Waals surface area contributed by atoms with Crippen LogP contribution in [0.25, 0.3) is 10.8 Å². The molecule has 1 aromatic heterocycles. The van der Waals surface area contributed by atoms with Gasteiger partial charge in [0, 0.05) is 25.8 Å². The molecule has 1 atom stereocenters. The van der Waals surface area contributed by atoms with Crippen LogP contribution in [-0.2, 0) is 14.8 Å². The molecular weight excluding hydrogens is 450 g/mol. The van der Waals surface area contributed by atoms with Crippen LogP contribution in [-0.4, -0.2) is 55.1 Å². The molecule has 2 aromatic carbocycles. The Bertz CT molecular complexity index is 1210. The number of fused-ring (bicyclic) bond motifs is 1. The molecule has 34 heavy (non-hydrogen) atoms. The average molecular weight is 482 g/mol. The molecule has 4 rings (SSSR count). The van der Waals surface area contributed by atoms with Gasteiger partial charge < -0.3 is 10.2 Å². The van der Waals surface area contributed by atoms with Gasteiger partial charge in [-0.15, -0.1) is 5.10 Å². The number of anilines is 1. The van der Waals surface area contributed by atoms with Gasteiger partial charge in [-0.1, -0.05) is 37.3 Å². The Hall–Kier alpha value is -3.04. The maximum Gasteiger partial charge on any atom is 0.241 e. The number of carbonyl (C=O) groups excluding carboxylic acids is 1. The van der Waals surface area contributed by atoms with E-state index in [1.165, 1.54) is 0 Å². The molecule has 9 heteroatoms. The first kappa shape index (κ1) is 24.1. The highest BCUT2D eigenvalue weighted by Crippen LogP contribution is 2.21. The molecule has 1 aliphatic heterocycles. The second-order valence-electron chi connectivity index (χ2n) is 8.87. The molecule has 3 aromatic rings. The minimum Gasteiger partial charge on any atom is -0.369 e. The highest BCUT2D eigenvalue weighted by atomic mass is 32.2. The molecule has 0 aliphatic carbocycles. The van der Waals surface area contributed by atoms with E-state index in [1.807, 2.05) is 30.3 Å². The Morgan fingerprint density at radius 1 is 1.09 bits per heavy atom. The fraction of sp³-hybridized carbons (Fsp3) is 0.400. The maximum absolute atomic E-state index is 13.3. The van der Waals surface area contributed by atoms with Crippen molar-refractivity contribution in [3.05, 3.63) is 60.8 Å². The zero-order chi connectivity index (χ0) is 24.0. The second-order valence-corrected chi connectivity index (χ2v) is 10.6. The lowest BCUT2D eigenvalue weighted by Crippen LogP contribution is -2.50. The van der Waals surface area contributed by atoms with E-state index in [9.17, 15) is 13.2 Å².